The molecule has 20 heavy (non-hydrogen) atoms. The van der Waals surface area contributed by atoms with Crippen molar-refractivity contribution in [2.45, 2.75) is 19.8 Å². The number of hydrogen-bond acceptors (Lipinski definition) is 7. The van der Waals surface area contributed by atoms with Gasteiger partial charge in [0, 0.05) is 6.20 Å². The van der Waals surface area contributed by atoms with E-state index in [1.54, 1.807) is 17.5 Å². The molecule has 3 aromatic heterocycles. The first-order valence-corrected chi connectivity index (χ1v) is 7.91. The van der Waals surface area contributed by atoms with Crippen LogP contribution in [0.15, 0.2) is 24.4 Å². The minimum atomic E-state index is 0.482. The van der Waals surface area contributed by atoms with Crippen LogP contribution in [0.5, 0.6) is 0 Å². The molecule has 0 aromatic carbocycles. The number of nitrogens with zero attached hydrogens (tertiary/aromatic N) is 4. The molecule has 0 aliphatic carbocycles. The molecule has 0 unspecified atom stereocenters. The lowest BCUT2D eigenvalue weighted by atomic mass is 10.2. The highest BCUT2D eigenvalue weighted by atomic mass is 32.1. The standard InChI is InChI=1S/C13H13N5S2/c1-2-5-8-10(12-17-18-13(14)20-12)19-11(16-8)9-6-3-4-7-15-9/h3-4,6-7H,2,5H2,1H3,(H2,14,18). The molecule has 0 spiro atoms. The number of pyridine rings is 1. The lowest BCUT2D eigenvalue weighted by Gasteiger charge is -1.94. The maximum absolute atomic E-state index is 5.67. The quantitative estimate of drug-likeness (QED) is 0.800. The van der Waals surface area contributed by atoms with Crippen LogP contribution >= 0.6 is 22.7 Å². The minimum absolute atomic E-state index is 0.482. The van der Waals surface area contributed by atoms with Gasteiger partial charge in [-0.15, -0.1) is 21.5 Å². The van der Waals surface area contributed by atoms with Crippen molar-refractivity contribution in [1.82, 2.24) is 20.2 Å². The fourth-order valence-electron chi connectivity index (χ4n) is 1.85. The summed E-state index contributed by atoms with van der Waals surface area (Å²) < 4.78 is 0. The summed E-state index contributed by atoms with van der Waals surface area (Å²) in [6.07, 6.45) is 3.73. The average Bonchev–Trinajstić information content (AvgIpc) is 3.07. The largest absolute Gasteiger partial charge is 0.374 e. The molecule has 5 nitrogen and oxygen atoms in total. The molecule has 0 aliphatic heterocycles. The molecule has 3 rings (SSSR count). The van der Waals surface area contributed by atoms with Crippen molar-refractivity contribution in [3.8, 4) is 20.6 Å². The van der Waals surface area contributed by atoms with E-state index >= 15 is 0 Å². The molecule has 3 aromatic rings. The topological polar surface area (TPSA) is 77.6 Å². The van der Waals surface area contributed by atoms with Crippen molar-refractivity contribution in [3.63, 3.8) is 0 Å². The second-order valence-corrected chi connectivity index (χ2v) is 6.21. The second kappa shape index (κ2) is 5.64. The summed E-state index contributed by atoms with van der Waals surface area (Å²) in [6.45, 7) is 2.14. The Morgan fingerprint density at radius 1 is 1.15 bits per heavy atom. The van der Waals surface area contributed by atoms with Gasteiger partial charge in [0.05, 0.1) is 16.3 Å². The Balaban J connectivity index is 2.07. The third-order valence-corrected chi connectivity index (χ3v) is 4.73. The van der Waals surface area contributed by atoms with E-state index in [-0.39, 0.29) is 0 Å². The summed E-state index contributed by atoms with van der Waals surface area (Å²) in [6, 6.07) is 5.83. The van der Waals surface area contributed by atoms with Gasteiger partial charge in [0.2, 0.25) is 5.13 Å². The van der Waals surface area contributed by atoms with Crippen molar-refractivity contribution in [3.05, 3.63) is 30.1 Å². The highest BCUT2D eigenvalue weighted by Gasteiger charge is 2.17. The van der Waals surface area contributed by atoms with E-state index in [1.165, 1.54) is 11.3 Å². The molecule has 0 atom stereocenters. The monoisotopic (exact) mass is 303 g/mol. The smallest absolute Gasteiger partial charge is 0.203 e. The maximum atomic E-state index is 5.67. The van der Waals surface area contributed by atoms with Gasteiger partial charge in [-0.2, -0.15) is 0 Å². The van der Waals surface area contributed by atoms with Crippen LogP contribution in [-0.4, -0.2) is 20.2 Å². The third kappa shape index (κ3) is 2.54. The van der Waals surface area contributed by atoms with Gasteiger partial charge >= 0.3 is 0 Å². The Hall–Kier alpha value is -1.86. The van der Waals surface area contributed by atoms with Gasteiger partial charge in [-0.3, -0.25) is 4.98 Å². The molecule has 3 heterocycles. The van der Waals surface area contributed by atoms with Crippen LogP contribution in [0.2, 0.25) is 0 Å². The fraction of sp³-hybridized carbons (Fsp3) is 0.231. The van der Waals surface area contributed by atoms with E-state index < -0.39 is 0 Å². The summed E-state index contributed by atoms with van der Waals surface area (Å²) in [5.74, 6) is 0. The molecule has 0 aliphatic rings. The Kier molecular flexibility index (Phi) is 3.70. The van der Waals surface area contributed by atoms with Crippen LogP contribution in [0.25, 0.3) is 20.6 Å². The van der Waals surface area contributed by atoms with Crippen LogP contribution in [0.1, 0.15) is 19.0 Å². The lowest BCUT2D eigenvalue weighted by Crippen LogP contribution is -1.87. The van der Waals surface area contributed by atoms with Gasteiger partial charge in [0.25, 0.3) is 0 Å². The van der Waals surface area contributed by atoms with E-state index in [9.17, 15) is 0 Å². The molecular weight excluding hydrogens is 290 g/mol. The zero-order chi connectivity index (χ0) is 13.9. The van der Waals surface area contributed by atoms with Crippen molar-refractivity contribution < 1.29 is 0 Å². The molecule has 0 saturated carbocycles. The number of nitrogens with two attached hydrogens (primary N) is 1. The normalized spacial score (nSPS) is 10.8. The first-order valence-electron chi connectivity index (χ1n) is 6.28. The summed E-state index contributed by atoms with van der Waals surface area (Å²) in [4.78, 5) is 10.1. The summed E-state index contributed by atoms with van der Waals surface area (Å²) in [7, 11) is 0. The Morgan fingerprint density at radius 3 is 2.70 bits per heavy atom. The van der Waals surface area contributed by atoms with Gasteiger partial charge in [-0.1, -0.05) is 30.7 Å². The number of rotatable bonds is 4. The molecule has 2 N–H and O–H groups in total. The van der Waals surface area contributed by atoms with Gasteiger partial charge in [-0.05, 0) is 18.6 Å². The average molecular weight is 303 g/mol. The predicted octanol–water partition coefficient (Wildman–Crippen LogP) is 3.26. The van der Waals surface area contributed by atoms with Gasteiger partial charge < -0.3 is 5.73 Å². The van der Waals surface area contributed by atoms with Gasteiger partial charge in [0.1, 0.15) is 5.01 Å². The van der Waals surface area contributed by atoms with Crippen molar-refractivity contribution >= 4 is 27.8 Å². The number of thiazole rings is 1. The number of hydrogen-bond donors (Lipinski definition) is 1. The molecule has 0 radical (unpaired) electrons. The summed E-state index contributed by atoms with van der Waals surface area (Å²) in [5, 5.41) is 10.3. The molecule has 7 heteroatoms. The Bertz CT molecular complexity index is 705. The van der Waals surface area contributed by atoms with Crippen molar-refractivity contribution in [2.24, 2.45) is 0 Å². The van der Waals surface area contributed by atoms with E-state index in [0.29, 0.717) is 5.13 Å². The van der Waals surface area contributed by atoms with Crippen LogP contribution in [0.4, 0.5) is 5.13 Å². The van der Waals surface area contributed by atoms with Gasteiger partial charge in [0.15, 0.2) is 5.01 Å². The molecule has 0 saturated heterocycles. The molecule has 0 amide bonds. The molecule has 0 bridgehead atoms. The number of nitrogen functional groups attached to an aromatic ring is 1. The van der Waals surface area contributed by atoms with E-state index in [0.717, 1.165) is 39.1 Å². The zero-order valence-corrected chi connectivity index (χ0v) is 12.5. The summed E-state index contributed by atoms with van der Waals surface area (Å²) in [5.41, 5.74) is 7.61. The maximum Gasteiger partial charge on any atom is 0.203 e. The van der Waals surface area contributed by atoms with Crippen molar-refractivity contribution in [1.29, 1.82) is 0 Å². The van der Waals surface area contributed by atoms with E-state index in [4.69, 9.17) is 10.7 Å². The second-order valence-electron chi connectivity index (χ2n) is 4.21. The minimum Gasteiger partial charge on any atom is -0.374 e. The lowest BCUT2D eigenvalue weighted by molar-refractivity contribution is 0.894. The Morgan fingerprint density at radius 2 is 2.05 bits per heavy atom. The SMILES string of the molecule is CCCc1nc(-c2ccccn2)sc1-c1nnc(N)s1. The Labute approximate surface area is 124 Å². The highest BCUT2D eigenvalue weighted by Crippen LogP contribution is 2.37. The molecular formula is C13H13N5S2. The van der Waals surface area contributed by atoms with Crippen LogP contribution in [0, 0.1) is 0 Å². The van der Waals surface area contributed by atoms with E-state index in [2.05, 4.69) is 22.1 Å². The fourth-order valence-corrected chi connectivity index (χ4v) is 3.64. The number of aryl methyl sites for hydroxylation is 1. The van der Waals surface area contributed by atoms with Crippen LogP contribution in [-0.2, 0) is 6.42 Å². The number of anilines is 1. The van der Waals surface area contributed by atoms with E-state index in [1.807, 2.05) is 18.2 Å². The zero-order valence-electron chi connectivity index (χ0n) is 10.9. The first kappa shape index (κ1) is 13.1. The third-order valence-electron chi connectivity index (χ3n) is 2.70. The van der Waals surface area contributed by atoms with Crippen LogP contribution in [0.3, 0.4) is 0 Å². The predicted molar refractivity (Wildman–Crippen MR) is 82.7 cm³/mol. The molecule has 0 fully saturated rings. The summed E-state index contributed by atoms with van der Waals surface area (Å²) >= 11 is 2.99. The first-order chi connectivity index (χ1) is 9.78. The van der Waals surface area contributed by atoms with Gasteiger partial charge in [-0.25, -0.2) is 4.98 Å². The number of aromatic nitrogens is 4. The highest BCUT2D eigenvalue weighted by molar-refractivity contribution is 7.24. The van der Waals surface area contributed by atoms with Crippen LogP contribution < -0.4 is 5.73 Å². The van der Waals surface area contributed by atoms with Crippen molar-refractivity contribution in [2.75, 3.05) is 5.73 Å². The molecule has 102 valence electrons.